The number of Topliss-reactive ketones (excluding diaryl/α,β-unsaturated/α-hetero) is 6. The first-order chi connectivity index (χ1) is 24.4. The van der Waals surface area contributed by atoms with Crippen LogP contribution in [0, 0.1) is 16.2 Å². The molecule has 3 rings (SSSR count). The van der Waals surface area contributed by atoms with E-state index in [4.69, 9.17) is 0 Å². The molecular formula is C41H60N4O7. The summed E-state index contributed by atoms with van der Waals surface area (Å²) in [5, 5.41) is 9.89. The van der Waals surface area contributed by atoms with Gasteiger partial charge in [-0.3, -0.25) is 28.8 Å². The zero-order valence-electron chi connectivity index (χ0n) is 32.3. The van der Waals surface area contributed by atoms with Crippen molar-refractivity contribution in [2.45, 2.75) is 124 Å². The van der Waals surface area contributed by atoms with Gasteiger partial charge in [-0.2, -0.15) is 4.99 Å². The lowest BCUT2D eigenvalue weighted by Gasteiger charge is -2.29. The van der Waals surface area contributed by atoms with Crippen molar-refractivity contribution in [3.8, 4) is 0 Å². The summed E-state index contributed by atoms with van der Waals surface area (Å²) < 4.78 is 0. The number of aliphatic imine (C=N–C) groups is 1. The van der Waals surface area contributed by atoms with Gasteiger partial charge < -0.3 is 16.0 Å². The third kappa shape index (κ3) is 13.5. The summed E-state index contributed by atoms with van der Waals surface area (Å²) in [6, 6.07) is 0. The molecular weight excluding hydrogens is 660 g/mol. The van der Waals surface area contributed by atoms with E-state index in [1.54, 1.807) is 24.3 Å². The van der Waals surface area contributed by atoms with Crippen LogP contribution in [0.2, 0.25) is 0 Å². The molecule has 0 amide bonds. The van der Waals surface area contributed by atoms with E-state index >= 15 is 0 Å². The largest absolute Gasteiger partial charge is 0.313 e. The molecule has 3 N–H and O–H groups in total. The highest BCUT2D eigenvalue weighted by Crippen LogP contribution is 2.35. The van der Waals surface area contributed by atoms with Crippen LogP contribution in [0.1, 0.15) is 119 Å². The summed E-state index contributed by atoms with van der Waals surface area (Å²) in [6.07, 6.45) is 13.0. The summed E-state index contributed by atoms with van der Waals surface area (Å²) in [7, 11) is 0. The molecule has 0 saturated heterocycles. The molecule has 0 aromatic carbocycles. The SMILES string of the molecule is CC1(C)CC(=O)C(=CCNCCCC(CCCNCC=C2C(=O)CC(C)(C)CC2=O)(CCCNCC=C2C(=O)CC(C)(C)CC2=O)N=C=O)C(=O)C1. The minimum absolute atomic E-state index is 0.112. The molecule has 3 fully saturated rings. The molecule has 11 nitrogen and oxygen atoms in total. The van der Waals surface area contributed by atoms with E-state index in [0.29, 0.717) is 116 Å². The number of rotatable bonds is 19. The second-order valence-corrected chi connectivity index (χ2v) is 17.3. The predicted molar refractivity (Wildman–Crippen MR) is 200 cm³/mol. The smallest absolute Gasteiger partial charge is 0.235 e. The summed E-state index contributed by atoms with van der Waals surface area (Å²) in [6.45, 7) is 14.5. The van der Waals surface area contributed by atoms with Crippen molar-refractivity contribution in [3.05, 3.63) is 34.9 Å². The van der Waals surface area contributed by atoms with Gasteiger partial charge in [0.15, 0.2) is 34.7 Å². The first kappa shape index (κ1) is 42.9. The van der Waals surface area contributed by atoms with Gasteiger partial charge in [-0.25, -0.2) is 4.79 Å². The number of hydrogen-bond donors (Lipinski definition) is 3. The Balaban J connectivity index is 1.54. The van der Waals surface area contributed by atoms with Crippen molar-refractivity contribution >= 4 is 40.8 Å². The molecule has 3 aliphatic carbocycles. The van der Waals surface area contributed by atoms with Crippen LogP contribution in [0.5, 0.6) is 0 Å². The normalized spacial score (nSPS) is 20.2. The molecule has 0 aliphatic heterocycles. The van der Waals surface area contributed by atoms with Crippen LogP contribution in [0.4, 0.5) is 0 Å². The third-order valence-electron chi connectivity index (χ3n) is 10.3. The summed E-state index contributed by atoms with van der Waals surface area (Å²) in [5.74, 6) is -0.674. The average Bonchev–Trinajstić information content (AvgIpc) is 3.00. The van der Waals surface area contributed by atoms with Crippen LogP contribution in [-0.4, -0.2) is 85.6 Å². The number of isocyanates is 1. The van der Waals surface area contributed by atoms with Gasteiger partial charge in [0.05, 0.1) is 22.3 Å². The lowest BCUT2D eigenvalue weighted by atomic mass is 9.74. The molecule has 3 aliphatic rings. The van der Waals surface area contributed by atoms with Crippen LogP contribution in [-0.2, 0) is 33.6 Å². The highest BCUT2D eigenvalue weighted by atomic mass is 16.2. The lowest BCUT2D eigenvalue weighted by molar-refractivity contribution is -0.129. The molecule has 0 atom stereocenters. The number of allylic oxidation sites excluding steroid dienone is 3. The van der Waals surface area contributed by atoms with E-state index < -0.39 is 5.54 Å². The van der Waals surface area contributed by atoms with Crippen molar-refractivity contribution in [3.63, 3.8) is 0 Å². The van der Waals surface area contributed by atoms with Gasteiger partial charge in [-0.1, -0.05) is 59.8 Å². The lowest BCUT2D eigenvalue weighted by Crippen LogP contribution is -2.33. The number of ketones is 6. The third-order valence-corrected chi connectivity index (χ3v) is 10.3. The molecule has 0 spiro atoms. The number of carbonyl (C=O) groups is 6. The second-order valence-electron chi connectivity index (χ2n) is 17.3. The quantitative estimate of drug-likeness (QED) is 0.0553. The first-order valence-electron chi connectivity index (χ1n) is 18.9. The molecule has 52 heavy (non-hydrogen) atoms. The number of nitrogens with one attached hydrogen (secondary N) is 3. The van der Waals surface area contributed by atoms with E-state index in [9.17, 15) is 33.6 Å². The number of hydrogen-bond acceptors (Lipinski definition) is 11. The summed E-state index contributed by atoms with van der Waals surface area (Å²) in [5.41, 5.74) is -0.755. The molecule has 286 valence electrons. The van der Waals surface area contributed by atoms with Crippen LogP contribution >= 0.6 is 0 Å². The van der Waals surface area contributed by atoms with Crippen molar-refractivity contribution in [1.82, 2.24) is 16.0 Å². The zero-order valence-corrected chi connectivity index (χ0v) is 32.3. The molecule has 0 aromatic rings. The Morgan fingerprint density at radius 1 is 0.519 bits per heavy atom. The second kappa shape index (κ2) is 19.0. The van der Waals surface area contributed by atoms with Crippen molar-refractivity contribution in [1.29, 1.82) is 0 Å². The molecule has 3 saturated carbocycles. The van der Waals surface area contributed by atoms with Gasteiger partial charge in [0.25, 0.3) is 0 Å². The van der Waals surface area contributed by atoms with Crippen LogP contribution in [0.25, 0.3) is 0 Å². The number of carbonyl (C=O) groups excluding carboxylic acids is 7. The molecule has 0 bridgehead atoms. The fourth-order valence-corrected chi connectivity index (χ4v) is 7.61. The summed E-state index contributed by atoms with van der Waals surface area (Å²) >= 11 is 0. The molecule has 0 aromatic heterocycles. The monoisotopic (exact) mass is 720 g/mol. The maximum Gasteiger partial charge on any atom is 0.235 e. The van der Waals surface area contributed by atoms with Gasteiger partial charge in [0, 0.05) is 58.2 Å². The van der Waals surface area contributed by atoms with Crippen LogP contribution in [0.15, 0.2) is 39.9 Å². The van der Waals surface area contributed by atoms with Crippen molar-refractivity contribution < 1.29 is 33.6 Å². The fourth-order valence-electron chi connectivity index (χ4n) is 7.61. The van der Waals surface area contributed by atoms with Gasteiger partial charge in [-0.05, 0) is 74.4 Å². The van der Waals surface area contributed by atoms with E-state index in [2.05, 4.69) is 20.9 Å². The van der Waals surface area contributed by atoms with Crippen LogP contribution in [0.3, 0.4) is 0 Å². The Hall–Kier alpha value is -3.50. The van der Waals surface area contributed by atoms with Crippen LogP contribution < -0.4 is 16.0 Å². The van der Waals surface area contributed by atoms with E-state index in [1.807, 2.05) is 41.5 Å². The molecule has 0 radical (unpaired) electrons. The Morgan fingerprint density at radius 2 is 0.769 bits per heavy atom. The maximum absolute atomic E-state index is 12.5. The maximum atomic E-state index is 12.5. The molecule has 0 unspecified atom stereocenters. The van der Waals surface area contributed by atoms with Gasteiger partial charge in [0.2, 0.25) is 6.08 Å². The van der Waals surface area contributed by atoms with Crippen molar-refractivity contribution in [2.24, 2.45) is 21.2 Å². The zero-order chi connectivity index (χ0) is 38.6. The minimum atomic E-state index is -0.662. The van der Waals surface area contributed by atoms with E-state index in [0.717, 1.165) is 0 Å². The Kier molecular flexibility index (Phi) is 15.7. The molecule has 11 heteroatoms. The fraction of sp³-hybridized carbons (Fsp3) is 0.683. The highest BCUT2D eigenvalue weighted by molar-refractivity contribution is 6.23. The topological polar surface area (TPSA) is 168 Å². The molecule has 0 heterocycles. The Morgan fingerprint density at radius 3 is 1.00 bits per heavy atom. The minimum Gasteiger partial charge on any atom is -0.313 e. The standard InChI is InChI=1S/C41H60N4O7/c1-38(2)22-32(47)29(33(48)23-38)10-19-42-16-7-13-41(45-28-46,14-8-17-43-20-11-30-34(49)24-39(3,4)25-35(30)50)15-9-18-44-21-12-31-36(51)26-40(5,6)27-37(31)52/h10-12,42-44H,7-9,13-27H2,1-6H3. The number of nitrogens with zero attached hydrogens (tertiary/aromatic N) is 1. The highest BCUT2D eigenvalue weighted by Gasteiger charge is 2.37. The summed E-state index contributed by atoms with van der Waals surface area (Å²) in [4.78, 5) is 91.1. The van der Waals surface area contributed by atoms with Crippen molar-refractivity contribution in [2.75, 3.05) is 39.3 Å². The average molecular weight is 721 g/mol. The first-order valence-corrected chi connectivity index (χ1v) is 18.9. The van der Waals surface area contributed by atoms with E-state index in [1.165, 1.54) is 0 Å². The Labute approximate surface area is 309 Å². The van der Waals surface area contributed by atoms with E-state index in [-0.39, 0.29) is 67.7 Å². The van der Waals surface area contributed by atoms with Gasteiger partial charge in [-0.15, -0.1) is 0 Å². The van der Waals surface area contributed by atoms with Gasteiger partial charge in [0.1, 0.15) is 0 Å². The Bertz CT molecular complexity index is 1290. The van der Waals surface area contributed by atoms with Gasteiger partial charge >= 0.3 is 0 Å². The predicted octanol–water partition coefficient (Wildman–Crippen LogP) is 4.82.